The first kappa shape index (κ1) is 11.0. The zero-order chi connectivity index (χ0) is 10.6. The van der Waals surface area contributed by atoms with E-state index >= 15 is 0 Å². The molecule has 5 N–H and O–H groups in total. The van der Waals surface area contributed by atoms with Gasteiger partial charge in [0.1, 0.15) is 5.75 Å². The Morgan fingerprint density at radius 1 is 1.36 bits per heavy atom. The molecule has 2 unspecified atom stereocenters. The van der Waals surface area contributed by atoms with E-state index in [-0.39, 0.29) is 12.4 Å². The topological polar surface area (TPSA) is 86.7 Å². The third kappa shape index (κ3) is 2.70. The van der Waals surface area contributed by atoms with Crippen LogP contribution in [0.5, 0.6) is 5.75 Å². The fraction of sp³-hybridized carbons (Fsp3) is 0.400. The number of hydrogen-bond donors (Lipinski definition) is 4. The molecule has 0 aliphatic rings. The second kappa shape index (κ2) is 4.95. The lowest BCUT2D eigenvalue weighted by atomic mass is 10.0. The van der Waals surface area contributed by atoms with Gasteiger partial charge in [-0.3, -0.25) is 0 Å². The maximum Gasteiger partial charge on any atom is 0.115 e. The van der Waals surface area contributed by atoms with Crippen molar-refractivity contribution in [1.29, 1.82) is 0 Å². The normalized spacial score (nSPS) is 15.1. The molecule has 0 saturated carbocycles. The molecule has 0 bridgehead atoms. The van der Waals surface area contributed by atoms with Crippen molar-refractivity contribution in [1.82, 2.24) is 0 Å². The predicted octanol–water partition coefficient (Wildman–Crippen LogP) is 0.135. The van der Waals surface area contributed by atoms with Gasteiger partial charge in [0, 0.05) is 12.6 Å². The number of aromatic hydroxyl groups is 1. The summed E-state index contributed by atoms with van der Waals surface area (Å²) >= 11 is 0. The smallest absolute Gasteiger partial charge is 0.115 e. The van der Waals surface area contributed by atoms with Crippen molar-refractivity contribution < 1.29 is 15.3 Å². The van der Waals surface area contributed by atoms with Gasteiger partial charge in [-0.15, -0.1) is 0 Å². The lowest BCUT2D eigenvalue weighted by Crippen LogP contribution is -2.29. The summed E-state index contributed by atoms with van der Waals surface area (Å²) in [7, 11) is 0. The quantitative estimate of drug-likeness (QED) is 0.553. The van der Waals surface area contributed by atoms with Gasteiger partial charge in [0.25, 0.3) is 0 Å². The van der Waals surface area contributed by atoms with Crippen LogP contribution in [0.25, 0.3) is 0 Å². The van der Waals surface area contributed by atoms with E-state index in [1.165, 1.54) is 12.1 Å². The van der Waals surface area contributed by atoms with Crippen molar-refractivity contribution in [2.24, 2.45) is 5.73 Å². The molecule has 78 valence electrons. The van der Waals surface area contributed by atoms with Gasteiger partial charge < -0.3 is 21.1 Å². The average Bonchev–Trinajstić information content (AvgIpc) is 2.17. The highest BCUT2D eigenvalue weighted by molar-refractivity contribution is 5.29. The number of benzene rings is 1. The SMILES string of the molecule is NC(CCO)C(O)c1cccc(O)c1. The number of rotatable bonds is 4. The summed E-state index contributed by atoms with van der Waals surface area (Å²) in [6.07, 6.45) is -0.522. The molecule has 2 atom stereocenters. The van der Waals surface area contributed by atoms with Gasteiger partial charge >= 0.3 is 0 Å². The molecule has 0 aromatic heterocycles. The molecule has 14 heavy (non-hydrogen) atoms. The van der Waals surface area contributed by atoms with E-state index < -0.39 is 12.1 Å². The molecule has 1 aromatic rings. The summed E-state index contributed by atoms with van der Waals surface area (Å²) in [4.78, 5) is 0. The largest absolute Gasteiger partial charge is 0.508 e. The van der Waals surface area contributed by atoms with Crippen molar-refractivity contribution in [2.45, 2.75) is 18.6 Å². The van der Waals surface area contributed by atoms with E-state index in [4.69, 9.17) is 10.8 Å². The Kier molecular flexibility index (Phi) is 3.88. The van der Waals surface area contributed by atoms with E-state index in [1.54, 1.807) is 12.1 Å². The van der Waals surface area contributed by atoms with Gasteiger partial charge in [0.2, 0.25) is 0 Å². The Balaban J connectivity index is 2.73. The highest BCUT2D eigenvalue weighted by Crippen LogP contribution is 2.20. The average molecular weight is 197 g/mol. The maximum absolute atomic E-state index is 9.70. The molecule has 0 radical (unpaired) electrons. The van der Waals surface area contributed by atoms with E-state index in [0.717, 1.165) is 0 Å². The zero-order valence-corrected chi connectivity index (χ0v) is 7.80. The molecule has 0 aliphatic carbocycles. The molecule has 4 nitrogen and oxygen atoms in total. The van der Waals surface area contributed by atoms with E-state index in [1.807, 2.05) is 0 Å². The number of hydrogen-bond acceptors (Lipinski definition) is 4. The van der Waals surface area contributed by atoms with Gasteiger partial charge in [-0.25, -0.2) is 0 Å². The third-order valence-electron chi connectivity index (χ3n) is 2.08. The first-order valence-corrected chi connectivity index (χ1v) is 4.48. The minimum absolute atomic E-state index is 0.0585. The Bertz CT molecular complexity index is 290. The summed E-state index contributed by atoms with van der Waals surface area (Å²) in [6.45, 7) is -0.0585. The number of phenols is 1. The van der Waals surface area contributed by atoms with Crippen LogP contribution in [0.15, 0.2) is 24.3 Å². The summed E-state index contributed by atoms with van der Waals surface area (Å²) in [5, 5.41) is 27.5. The highest BCUT2D eigenvalue weighted by Gasteiger charge is 2.16. The lowest BCUT2D eigenvalue weighted by Gasteiger charge is -2.18. The number of aliphatic hydroxyl groups is 2. The van der Waals surface area contributed by atoms with Gasteiger partial charge in [-0.1, -0.05) is 12.1 Å². The first-order valence-electron chi connectivity index (χ1n) is 4.48. The Morgan fingerprint density at radius 2 is 2.07 bits per heavy atom. The molecule has 0 aliphatic heterocycles. The zero-order valence-electron chi connectivity index (χ0n) is 7.80. The summed E-state index contributed by atoms with van der Waals surface area (Å²) in [5.74, 6) is 0.0951. The minimum Gasteiger partial charge on any atom is -0.508 e. The van der Waals surface area contributed by atoms with Gasteiger partial charge in [0.15, 0.2) is 0 Å². The van der Waals surface area contributed by atoms with Gasteiger partial charge in [-0.05, 0) is 24.1 Å². The molecule has 0 fully saturated rings. The first-order chi connectivity index (χ1) is 6.65. The molecule has 1 aromatic carbocycles. The fourth-order valence-electron chi connectivity index (χ4n) is 1.26. The molecule has 0 spiro atoms. The highest BCUT2D eigenvalue weighted by atomic mass is 16.3. The van der Waals surface area contributed by atoms with Crippen LogP contribution < -0.4 is 5.73 Å². The minimum atomic E-state index is -0.853. The van der Waals surface area contributed by atoms with Crippen LogP contribution in [0.4, 0.5) is 0 Å². The van der Waals surface area contributed by atoms with Crippen molar-refractivity contribution in [3.63, 3.8) is 0 Å². The van der Waals surface area contributed by atoms with Crippen LogP contribution in [0.3, 0.4) is 0 Å². The van der Waals surface area contributed by atoms with Crippen LogP contribution in [0.2, 0.25) is 0 Å². The van der Waals surface area contributed by atoms with Gasteiger partial charge in [-0.2, -0.15) is 0 Å². The van der Waals surface area contributed by atoms with Crippen molar-refractivity contribution in [3.8, 4) is 5.75 Å². The lowest BCUT2D eigenvalue weighted by molar-refractivity contribution is 0.129. The van der Waals surface area contributed by atoms with Gasteiger partial charge in [0.05, 0.1) is 6.10 Å². The molecular formula is C10H15NO3. The monoisotopic (exact) mass is 197 g/mol. The van der Waals surface area contributed by atoms with Crippen LogP contribution in [0, 0.1) is 0 Å². The second-order valence-electron chi connectivity index (χ2n) is 3.22. The van der Waals surface area contributed by atoms with E-state index in [9.17, 15) is 10.2 Å². The summed E-state index contributed by atoms with van der Waals surface area (Å²) < 4.78 is 0. The molecular weight excluding hydrogens is 182 g/mol. The van der Waals surface area contributed by atoms with Crippen LogP contribution in [-0.4, -0.2) is 28.0 Å². The number of nitrogens with two attached hydrogens (primary N) is 1. The van der Waals surface area contributed by atoms with E-state index in [0.29, 0.717) is 12.0 Å². The predicted molar refractivity (Wildman–Crippen MR) is 52.7 cm³/mol. The summed E-state index contributed by atoms with van der Waals surface area (Å²) in [6, 6.07) is 5.79. The standard InChI is InChI=1S/C10H15NO3/c11-9(4-5-12)10(14)7-2-1-3-8(13)6-7/h1-3,6,9-10,12-14H,4-5,11H2. The molecule has 0 saturated heterocycles. The molecule has 4 heteroatoms. The third-order valence-corrected chi connectivity index (χ3v) is 2.08. The number of aliphatic hydroxyl groups excluding tert-OH is 2. The van der Waals surface area contributed by atoms with Crippen molar-refractivity contribution in [2.75, 3.05) is 6.61 Å². The fourth-order valence-corrected chi connectivity index (χ4v) is 1.26. The van der Waals surface area contributed by atoms with Crippen molar-refractivity contribution in [3.05, 3.63) is 29.8 Å². The van der Waals surface area contributed by atoms with Crippen LogP contribution in [-0.2, 0) is 0 Å². The van der Waals surface area contributed by atoms with Crippen LogP contribution >= 0.6 is 0 Å². The summed E-state index contributed by atoms with van der Waals surface area (Å²) in [5.41, 5.74) is 6.18. The van der Waals surface area contributed by atoms with Crippen molar-refractivity contribution >= 4 is 0 Å². The second-order valence-corrected chi connectivity index (χ2v) is 3.22. The Hall–Kier alpha value is -1.10. The van der Waals surface area contributed by atoms with E-state index in [2.05, 4.69) is 0 Å². The Morgan fingerprint density at radius 3 is 2.64 bits per heavy atom. The van der Waals surface area contributed by atoms with Crippen LogP contribution in [0.1, 0.15) is 18.1 Å². The molecule has 0 amide bonds. The maximum atomic E-state index is 9.70. The number of phenolic OH excluding ortho intramolecular Hbond substituents is 1. The molecule has 0 heterocycles. The Labute approximate surface area is 82.6 Å². The molecule has 1 rings (SSSR count).